The number of pyridine rings is 2. The molecule has 0 spiro atoms. The minimum Gasteiger partial charge on any atom is -0.381 e. The van der Waals surface area contributed by atoms with Crippen LogP contribution in [0.4, 0.5) is 0 Å². The molecular formula is C18H18N6O2. The molecule has 1 aliphatic heterocycles. The third kappa shape index (κ3) is 2.19. The number of aromatic nitrogens is 6. The minimum absolute atomic E-state index is 0.0308. The lowest BCUT2D eigenvalue weighted by Gasteiger charge is -2.23. The number of ether oxygens (including phenoxy) is 1. The van der Waals surface area contributed by atoms with Gasteiger partial charge in [-0.05, 0) is 25.0 Å². The highest BCUT2D eigenvalue weighted by atomic mass is 16.5. The highest BCUT2D eigenvalue weighted by Crippen LogP contribution is 2.29. The van der Waals surface area contributed by atoms with E-state index in [9.17, 15) is 4.79 Å². The Bertz CT molecular complexity index is 1150. The summed E-state index contributed by atoms with van der Waals surface area (Å²) in [5, 5.41) is 6.81. The summed E-state index contributed by atoms with van der Waals surface area (Å²) >= 11 is 0. The highest BCUT2D eigenvalue weighted by molar-refractivity contribution is 6.00. The molecule has 4 aromatic rings. The summed E-state index contributed by atoms with van der Waals surface area (Å²) in [5.74, 6) is 0. The molecule has 132 valence electrons. The third-order valence-electron chi connectivity index (χ3n) is 5.11. The van der Waals surface area contributed by atoms with Crippen LogP contribution in [0.2, 0.25) is 0 Å². The van der Waals surface area contributed by atoms with Crippen LogP contribution in [-0.2, 0) is 11.8 Å². The Morgan fingerprint density at radius 3 is 2.85 bits per heavy atom. The maximum atomic E-state index is 13.0. The predicted molar refractivity (Wildman–Crippen MR) is 96.9 cm³/mol. The van der Waals surface area contributed by atoms with E-state index in [2.05, 4.69) is 15.2 Å². The molecule has 1 aliphatic rings. The first-order valence-electron chi connectivity index (χ1n) is 8.67. The Balaban J connectivity index is 1.84. The van der Waals surface area contributed by atoms with Crippen molar-refractivity contribution in [1.82, 2.24) is 29.3 Å². The van der Waals surface area contributed by atoms with Crippen LogP contribution in [0.15, 0.2) is 35.5 Å². The molecule has 0 saturated carbocycles. The standard InChI is InChI=1S/C18H18N6O2/c1-23-15-10-19-14-3-2-13(11-8-20-21-9-11)22-16(14)17(15)24(18(23)25)12-4-6-26-7-5-12/h2-3,8-10,12H,4-7H2,1H3,(H,20,21). The van der Waals surface area contributed by atoms with Crippen molar-refractivity contribution in [3.8, 4) is 11.3 Å². The van der Waals surface area contributed by atoms with Crippen molar-refractivity contribution in [2.24, 2.45) is 7.05 Å². The lowest BCUT2D eigenvalue weighted by atomic mass is 10.1. The van der Waals surface area contributed by atoms with Gasteiger partial charge in [0, 0.05) is 38.1 Å². The van der Waals surface area contributed by atoms with Gasteiger partial charge < -0.3 is 4.74 Å². The Hall–Kier alpha value is -3.00. The van der Waals surface area contributed by atoms with Gasteiger partial charge in [0.1, 0.15) is 5.52 Å². The van der Waals surface area contributed by atoms with E-state index in [-0.39, 0.29) is 11.7 Å². The maximum absolute atomic E-state index is 13.0. The Labute approximate surface area is 148 Å². The lowest BCUT2D eigenvalue weighted by Crippen LogP contribution is -2.29. The molecule has 0 atom stereocenters. The highest BCUT2D eigenvalue weighted by Gasteiger charge is 2.24. The number of H-pyrrole nitrogens is 1. The number of fused-ring (bicyclic) bond motifs is 3. The monoisotopic (exact) mass is 350 g/mol. The molecule has 0 aromatic carbocycles. The van der Waals surface area contributed by atoms with Gasteiger partial charge >= 0.3 is 5.69 Å². The summed E-state index contributed by atoms with van der Waals surface area (Å²) in [4.78, 5) is 22.3. The zero-order valence-electron chi connectivity index (χ0n) is 14.3. The SMILES string of the molecule is Cn1c(=O)n(C2CCOCC2)c2c3nc(-c4cn[nH]c4)ccc3ncc21. The molecule has 0 aliphatic carbocycles. The Morgan fingerprint density at radius 1 is 1.23 bits per heavy atom. The van der Waals surface area contributed by atoms with Crippen molar-refractivity contribution in [1.29, 1.82) is 0 Å². The van der Waals surface area contributed by atoms with Gasteiger partial charge in [-0.25, -0.2) is 9.78 Å². The molecule has 4 aromatic heterocycles. The second-order valence-corrected chi connectivity index (χ2v) is 6.60. The van der Waals surface area contributed by atoms with Crippen LogP contribution in [0.3, 0.4) is 0 Å². The van der Waals surface area contributed by atoms with Crippen LogP contribution >= 0.6 is 0 Å². The number of nitrogens with zero attached hydrogens (tertiary/aromatic N) is 5. The summed E-state index contributed by atoms with van der Waals surface area (Å²) in [6.45, 7) is 1.34. The van der Waals surface area contributed by atoms with Gasteiger partial charge in [-0.2, -0.15) is 5.10 Å². The van der Waals surface area contributed by atoms with E-state index in [0.717, 1.165) is 46.2 Å². The molecule has 1 saturated heterocycles. The first-order chi connectivity index (χ1) is 12.7. The second kappa shape index (κ2) is 5.77. The molecular weight excluding hydrogens is 332 g/mol. The average Bonchev–Trinajstić information content (AvgIpc) is 3.30. The second-order valence-electron chi connectivity index (χ2n) is 6.60. The van der Waals surface area contributed by atoms with Crippen molar-refractivity contribution in [3.63, 3.8) is 0 Å². The van der Waals surface area contributed by atoms with Crippen molar-refractivity contribution >= 4 is 22.1 Å². The van der Waals surface area contributed by atoms with Crippen LogP contribution < -0.4 is 5.69 Å². The average molecular weight is 350 g/mol. The zero-order chi connectivity index (χ0) is 17.7. The molecule has 26 heavy (non-hydrogen) atoms. The van der Waals surface area contributed by atoms with E-state index in [0.29, 0.717) is 13.2 Å². The van der Waals surface area contributed by atoms with E-state index in [4.69, 9.17) is 9.72 Å². The molecule has 8 heteroatoms. The molecule has 0 radical (unpaired) electrons. The quantitative estimate of drug-likeness (QED) is 0.597. The van der Waals surface area contributed by atoms with Crippen LogP contribution in [0, 0.1) is 0 Å². The van der Waals surface area contributed by atoms with Crippen LogP contribution in [0.1, 0.15) is 18.9 Å². The van der Waals surface area contributed by atoms with Crippen LogP contribution in [0.25, 0.3) is 33.3 Å². The normalized spacial score (nSPS) is 15.9. The van der Waals surface area contributed by atoms with Crippen LogP contribution in [0.5, 0.6) is 0 Å². The number of rotatable bonds is 2. The molecule has 0 bridgehead atoms. The molecule has 0 unspecified atom stereocenters. The fraction of sp³-hybridized carbons (Fsp3) is 0.333. The van der Waals surface area contributed by atoms with E-state index in [1.165, 1.54) is 0 Å². The molecule has 1 N–H and O–H groups in total. The number of aryl methyl sites for hydroxylation is 1. The van der Waals surface area contributed by atoms with E-state index in [1.54, 1.807) is 30.2 Å². The predicted octanol–water partition coefficient (Wildman–Crippen LogP) is 2.02. The minimum atomic E-state index is -0.0308. The largest absolute Gasteiger partial charge is 0.381 e. The number of aromatic amines is 1. The Morgan fingerprint density at radius 2 is 2.08 bits per heavy atom. The van der Waals surface area contributed by atoms with Crippen molar-refractivity contribution in [2.45, 2.75) is 18.9 Å². The van der Waals surface area contributed by atoms with Crippen LogP contribution in [-0.4, -0.2) is 42.5 Å². The van der Waals surface area contributed by atoms with Crippen molar-refractivity contribution < 1.29 is 4.74 Å². The Kier molecular flexibility index (Phi) is 3.39. The van der Waals surface area contributed by atoms with E-state index < -0.39 is 0 Å². The van der Waals surface area contributed by atoms with Gasteiger partial charge in [0.2, 0.25) is 0 Å². The van der Waals surface area contributed by atoms with Crippen molar-refractivity contribution in [2.75, 3.05) is 13.2 Å². The van der Waals surface area contributed by atoms with Crippen molar-refractivity contribution in [3.05, 3.63) is 41.2 Å². The van der Waals surface area contributed by atoms with Gasteiger partial charge in [0.05, 0.1) is 34.6 Å². The van der Waals surface area contributed by atoms with E-state index >= 15 is 0 Å². The summed E-state index contributed by atoms with van der Waals surface area (Å²) in [7, 11) is 1.79. The first-order valence-corrected chi connectivity index (χ1v) is 8.67. The molecule has 0 amide bonds. The number of hydrogen-bond acceptors (Lipinski definition) is 5. The molecule has 5 rings (SSSR count). The summed E-state index contributed by atoms with van der Waals surface area (Å²) < 4.78 is 9.01. The van der Waals surface area contributed by atoms with Gasteiger partial charge in [-0.15, -0.1) is 0 Å². The third-order valence-corrected chi connectivity index (χ3v) is 5.11. The fourth-order valence-electron chi connectivity index (χ4n) is 3.72. The van der Waals surface area contributed by atoms with Gasteiger partial charge in [0.15, 0.2) is 0 Å². The lowest BCUT2D eigenvalue weighted by molar-refractivity contribution is 0.0697. The fourth-order valence-corrected chi connectivity index (χ4v) is 3.72. The smallest absolute Gasteiger partial charge is 0.329 e. The molecule has 1 fully saturated rings. The maximum Gasteiger partial charge on any atom is 0.329 e. The first kappa shape index (κ1) is 15.3. The summed E-state index contributed by atoms with van der Waals surface area (Å²) in [6.07, 6.45) is 6.94. The molecule has 5 heterocycles. The molecule has 8 nitrogen and oxygen atoms in total. The zero-order valence-corrected chi connectivity index (χ0v) is 14.3. The van der Waals surface area contributed by atoms with Gasteiger partial charge in [-0.1, -0.05) is 0 Å². The number of hydrogen-bond donors (Lipinski definition) is 1. The number of nitrogens with one attached hydrogen (secondary N) is 1. The van der Waals surface area contributed by atoms with Gasteiger partial charge in [0.25, 0.3) is 0 Å². The van der Waals surface area contributed by atoms with E-state index in [1.807, 2.05) is 16.7 Å². The summed E-state index contributed by atoms with van der Waals surface area (Å²) in [6, 6.07) is 3.98. The number of imidazole rings is 1. The van der Waals surface area contributed by atoms with Gasteiger partial charge in [-0.3, -0.25) is 19.2 Å². The topological polar surface area (TPSA) is 90.6 Å². The summed E-state index contributed by atoms with van der Waals surface area (Å²) in [5.41, 5.74) is 4.83.